The van der Waals surface area contributed by atoms with Crippen molar-refractivity contribution in [1.82, 2.24) is 10.3 Å². The fraction of sp³-hybridized carbons (Fsp3) is 0.286. The molecule has 1 aromatic heterocycles. The average Bonchev–Trinajstić information content (AvgIpc) is 3.03. The highest BCUT2D eigenvalue weighted by Crippen LogP contribution is 2.20. The molecule has 0 spiro atoms. The molecule has 4 heteroatoms. The normalized spacial score (nSPS) is 11.0. The highest BCUT2D eigenvalue weighted by molar-refractivity contribution is 5.83. The van der Waals surface area contributed by atoms with Crippen molar-refractivity contribution in [3.05, 3.63) is 65.9 Å². The van der Waals surface area contributed by atoms with Crippen molar-refractivity contribution < 1.29 is 9.53 Å². The van der Waals surface area contributed by atoms with Crippen LogP contribution in [-0.4, -0.2) is 24.0 Å². The third kappa shape index (κ3) is 4.41. The lowest BCUT2D eigenvalue weighted by molar-refractivity contribution is -0.123. The van der Waals surface area contributed by atoms with Gasteiger partial charge < -0.3 is 15.0 Å². The van der Waals surface area contributed by atoms with E-state index in [1.165, 1.54) is 16.5 Å². The molecule has 3 aromatic rings. The van der Waals surface area contributed by atoms with Gasteiger partial charge in [0.15, 0.2) is 6.61 Å². The summed E-state index contributed by atoms with van der Waals surface area (Å²) in [6, 6.07) is 16.1. The molecule has 0 saturated heterocycles. The molecule has 0 unspecified atom stereocenters. The summed E-state index contributed by atoms with van der Waals surface area (Å²) in [6.07, 6.45) is 2.79. The fourth-order valence-corrected chi connectivity index (χ4v) is 2.84. The van der Waals surface area contributed by atoms with Gasteiger partial charge in [0.25, 0.3) is 5.91 Å². The first-order valence-corrected chi connectivity index (χ1v) is 8.68. The van der Waals surface area contributed by atoms with E-state index in [2.05, 4.69) is 42.3 Å². The van der Waals surface area contributed by atoms with Gasteiger partial charge >= 0.3 is 0 Å². The number of para-hydroxylation sites is 1. The van der Waals surface area contributed by atoms with E-state index in [1.807, 2.05) is 36.5 Å². The second-order valence-corrected chi connectivity index (χ2v) is 6.48. The zero-order valence-electron chi connectivity index (χ0n) is 14.7. The summed E-state index contributed by atoms with van der Waals surface area (Å²) >= 11 is 0. The minimum Gasteiger partial charge on any atom is -0.484 e. The Morgan fingerprint density at radius 2 is 2.00 bits per heavy atom. The standard InChI is InChI=1S/C21H24N2O2/c1-15(2)16-6-5-7-18(12-16)25-14-21(24)22-11-10-17-13-23-20-9-4-3-8-19(17)20/h3-9,12-13,15,23H,10-11,14H2,1-2H3,(H,22,24). The van der Waals surface area contributed by atoms with Crippen molar-refractivity contribution in [2.75, 3.05) is 13.2 Å². The number of H-pyrrole nitrogens is 1. The highest BCUT2D eigenvalue weighted by Gasteiger charge is 2.06. The van der Waals surface area contributed by atoms with Crippen LogP contribution in [0.15, 0.2) is 54.7 Å². The minimum absolute atomic E-state index is 0.0371. The topological polar surface area (TPSA) is 54.1 Å². The molecule has 4 nitrogen and oxygen atoms in total. The lowest BCUT2D eigenvalue weighted by Crippen LogP contribution is -2.30. The maximum absolute atomic E-state index is 12.0. The molecule has 2 aromatic carbocycles. The predicted octanol–water partition coefficient (Wildman–Crippen LogP) is 4.03. The van der Waals surface area contributed by atoms with Gasteiger partial charge in [-0.15, -0.1) is 0 Å². The number of hydrogen-bond donors (Lipinski definition) is 2. The number of rotatable bonds is 7. The van der Waals surface area contributed by atoms with E-state index in [0.717, 1.165) is 17.7 Å². The number of ether oxygens (including phenoxy) is 1. The van der Waals surface area contributed by atoms with Gasteiger partial charge in [0.1, 0.15) is 5.75 Å². The molecule has 0 saturated carbocycles. The molecule has 1 heterocycles. The molecule has 25 heavy (non-hydrogen) atoms. The Morgan fingerprint density at radius 1 is 1.16 bits per heavy atom. The van der Waals surface area contributed by atoms with Crippen LogP contribution in [0.3, 0.4) is 0 Å². The Balaban J connectivity index is 1.46. The van der Waals surface area contributed by atoms with Gasteiger partial charge in [-0.05, 0) is 41.7 Å². The first kappa shape index (κ1) is 17.1. The number of aromatic amines is 1. The lowest BCUT2D eigenvalue weighted by Gasteiger charge is -2.10. The lowest BCUT2D eigenvalue weighted by atomic mass is 10.0. The SMILES string of the molecule is CC(C)c1cccc(OCC(=O)NCCc2c[nH]c3ccccc23)c1. The average molecular weight is 336 g/mol. The molecule has 0 fully saturated rings. The molecule has 0 aliphatic rings. The first-order chi connectivity index (χ1) is 12.1. The third-order valence-corrected chi connectivity index (χ3v) is 4.29. The molecular formula is C21H24N2O2. The number of fused-ring (bicyclic) bond motifs is 1. The molecule has 0 radical (unpaired) electrons. The van der Waals surface area contributed by atoms with Crippen molar-refractivity contribution in [3.63, 3.8) is 0 Å². The van der Waals surface area contributed by atoms with E-state index in [9.17, 15) is 4.79 Å². The molecule has 1 amide bonds. The van der Waals surface area contributed by atoms with Gasteiger partial charge in [-0.25, -0.2) is 0 Å². The predicted molar refractivity (Wildman–Crippen MR) is 101 cm³/mol. The second-order valence-electron chi connectivity index (χ2n) is 6.48. The van der Waals surface area contributed by atoms with Crippen LogP contribution >= 0.6 is 0 Å². The van der Waals surface area contributed by atoms with Crippen LogP contribution in [0.1, 0.15) is 30.9 Å². The molecule has 2 N–H and O–H groups in total. The van der Waals surface area contributed by atoms with Crippen LogP contribution in [0.2, 0.25) is 0 Å². The van der Waals surface area contributed by atoms with Gasteiger partial charge in [0.2, 0.25) is 0 Å². The molecule has 3 rings (SSSR count). The Bertz CT molecular complexity index is 852. The summed E-state index contributed by atoms with van der Waals surface area (Å²) in [6.45, 7) is 4.90. The molecule has 0 aliphatic carbocycles. The largest absolute Gasteiger partial charge is 0.484 e. The Kier molecular flexibility index (Phi) is 5.39. The molecule has 130 valence electrons. The van der Waals surface area contributed by atoms with Gasteiger partial charge in [-0.2, -0.15) is 0 Å². The van der Waals surface area contributed by atoms with Crippen molar-refractivity contribution in [2.24, 2.45) is 0 Å². The van der Waals surface area contributed by atoms with Crippen LogP contribution < -0.4 is 10.1 Å². The first-order valence-electron chi connectivity index (χ1n) is 8.68. The number of nitrogens with one attached hydrogen (secondary N) is 2. The number of hydrogen-bond acceptors (Lipinski definition) is 2. The number of carbonyl (C=O) groups excluding carboxylic acids is 1. The fourth-order valence-electron chi connectivity index (χ4n) is 2.84. The zero-order valence-corrected chi connectivity index (χ0v) is 14.7. The van der Waals surface area contributed by atoms with Crippen molar-refractivity contribution in [1.29, 1.82) is 0 Å². The minimum atomic E-state index is -0.102. The summed E-state index contributed by atoms with van der Waals surface area (Å²) in [5.74, 6) is 1.07. The maximum Gasteiger partial charge on any atom is 0.257 e. The van der Waals surface area contributed by atoms with E-state index < -0.39 is 0 Å². The smallest absolute Gasteiger partial charge is 0.257 e. The summed E-state index contributed by atoms with van der Waals surface area (Å²) < 4.78 is 5.60. The maximum atomic E-state index is 12.0. The Hall–Kier alpha value is -2.75. The summed E-state index contributed by atoms with van der Waals surface area (Å²) in [5.41, 5.74) is 3.54. The van der Waals surface area contributed by atoms with E-state index in [0.29, 0.717) is 12.5 Å². The molecule has 0 bridgehead atoms. The van der Waals surface area contributed by atoms with Crippen LogP contribution in [-0.2, 0) is 11.2 Å². The summed E-state index contributed by atoms with van der Waals surface area (Å²) in [4.78, 5) is 15.2. The zero-order chi connectivity index (χ0) is 17.6. The molecule has 0 atom stereocenters. The third-order valence-electron chi connectivity index (χ3n) is 4.29. The Morgan fingerprint density at radius 3 is 2.84 bits per heavy atom. The van der Waals surface area contributed by atoms with Crippen molar-refractivity contribution >= 4 is 16.8 Å². The Labute approximate surface area is 148 Å². The van der Waals surface area contributed by atoms with Crippen LogP contribution in [0, 0.1) is 0 Å². The molecule has 0 aliphatic heterocycles. The summed E-state index contributed by atoms with van der Waals surface area (Å²) in [5, 5.41) is 4.12. The monoisotopic (exact) mass is 336 g/mol. The van der Waals surface area contributed by atoms with Gasteiger partial charge in [-0.3, -0.25) is 4.79 Å². The number of aromatic nitrogens is 1. The number of amides is 1. The van der Waals surface area contributed by atoms with E-state index in [1.54, 1.807) is 0 Å². The van der Waals surface area contributed by atoms with Crippen molar-refractivity contribution in [2.45, 2.75) is 26.2 Å². The van der Waals surface area contributed by atoms with Crippen LogP contribution in [0.4, 0.5) is 0 Å². The highest BCUT2D eigenvalue weighted by atomic mass is 16.5. The van der Waals surface area contributed by atoms with Crippen LogP contribution in [0.5, 0.6) is 5.75 Å². The summed E-state index contributed by atoms with van der Waals surface area (Å²) in [7, 11) is 0. The number of benzene rings is 2. The number of carbonyl (C=O) groups is 1. The van der Waals surface area contributed by atoms with E-state index >= 15 is 0 Å². The quantitative estimate of drug-likeness (QED) is 0.684. The van der Waals surface area contributed by atoms with Gasteiger partial charge in [0.05, 0.1) is 0 Å². The second kappa shape index (κ2) is 7.88. The van der Waals surface area contributed by atoms with E-state index in [-0.39, 0.29) is 12.5 Å². The van der Waals surface area contributed by atoms with Gasteiger partial charge in [0, 0.05) is 23.6 Å². The van der Waals surface area contributed by atoms with Crippen molar-refractivity contribution in [3.8, 4) is 5.75 Å². The van der Waals surface area contributed by atoms with Crippen LogP contribution in [0.25, 0.3) is 10.9 Å². The van der Waals surface area contributed by atoms with E-state index in [4.69, 9.17) is 4.74 Å². The van der Waals surface area contributed by atoms with Gasteiger partial charge in [-0.1, -0.05) is 44.2 Å². The molecular weight excluding hydrogens is 312 g/mol.